The van der Waals surface area contributed by atoms with Gasteiger partial charge in [-0.1, -0.05) is 13.8 Å². The molecule has 20 heavy (non-hydrogen) atoms. The van der Waals surface area contributed by atoms with Crippen LogP contribution in [0.5, 0.6) is 0 Å². The maximum absolute atomic E-state index is 12.3. The average molecular weight is 280 g/mol. The summed E-state index contributed by atoms with van der Waals surface area (Å²) >= 11 is 0. The van der Waals surface area contributed by atoms with E-state index in [-0.39, 0.29) is 12.0 Å². The molecule has 0 spiro atoms. The van der Waals surface area contributed by atoms with Gasteiger partial charge in [-0.25, -0.2) is 0 Å². The van der Waals surface area contributed by atoms with Gasteiger partial charge in [0, 0.05) is 19.7 Å². The Bertz CT molecular complexity index is 470. The minimum absolute atomic E-state index is 0.0423. The third-order valence-electron chi connectivity index (χ3n) is 3.66. The molecule has 0 saturated carbocycles. The molecule has 1 amide bonds. The van der Waals surface area contributed by atoms with Crippen LogP contribution < -0.4 is 0 Å². The molecule has 1 aliphatic heterocycles. The standard InChI is InChI=1S/C14H24N4O2/c1-10(2)5-8-20-11(3)14(19)17-6-7-18-12(4)15-16-13(18)9-17/h10-11H,5-9H2,1-4H3. The van der Waals surface area contributed by atoms with Crippen LogP contribution in [0.3, 0.4) is 0 Å². The zero-order valence-corrected chi connectivity index (χ0v) is 12.8. The monoisotopic (exact) mass is 280 g/mol. The summed E-state index contributed by atoms with van der Waals surface area (Å²) in [6.07, 6.45) is 0.592. The van der Waals surface area contributed by atoms with Gasteiger partial charge in [-0.2, -0.15) is 0 Å². The molecule has 0 saturated heterocycles. The summed E-state index contributed by atoms with van der Waals surface area (Å²) < 4.78 is 7.69. The molecular formula is C14H24N4O2. The number of carbonyl (C=O) groups is 1. The van der Waals surface area contributed by atoms with Crippen LogP contribution in [0.4, 0.5) is 0 Å². The summed E-state index contributed by atoms with van der Waals surface area (Å²) in [6, 6.07) is 0. The molecule has 6 heteroatoms. The second-order valence-electron chi connectivity index (χ2n) is 5.77. The lowest BCUT2D eigenvalue weighted by atomic mass is 10.1. The molecular weight excluding hydrogens is 256 g/mol. The summed E-state index contributed by atoms with van der Waals surface area (Å²) in [5, 5.41) is 8.16. The Balaban J connectivity index is 1.87. The number of aryl methyl sites for hydroxylation is 1. The van der Waals surface area contributed by atoms with Gasteiger partial charge in [0.15, 0.2) is 5.82 Å². The van der Waals surface area contributed by atoms with E-state index in [0.717, 1.165) is 24.6 Å². The second-order valence-corrected chi connectivity index (χ2v) is 5.77. The molecule has 2 rings (SSSR count). The van der Waals surface area contributed by atoms with E-state index in [4.69, 9.17) is 4.74 Å². The van der Waals surface area contributed by atoms with Gasteiger partial charge in [-0.15, -0.1) is 10.2 Å². The molecule has 0 fully saturated rings. The van der Waals surface area contributed by atoms with Crippen LogP contribution in [0.1, 0.15) is 38.8 Å². The van der Waals surface area contributed by atoms with Crippen molar-refractivity contribution in [3.05, 3.63) is 11.6 Å². The van der Waals surface area contributed by atoms with Gasteiger partial charge in [-0.05, 0) is 26.2 Å². The maximum atomic E-state index is 12.3. The van der Waals surface area contributed by atoms with Gasteiger partial charge < -0.3 is 14.2 Å². The van der Waals surface area contributed by atoms with E-state index in [0.29, 0.717) is 25.6 Å². The molecule has 0 aromatic carbocycles. The lowest BCUT2D eigenvalue weighted by Gasteiger charge is -2.29. The van der Waals surface area contributed by atoms with Gasteiger partial charge in [0.1, 0.15) is 11.9 Å². The lowest BCUT2D eigenvalue weighted by Crippen LogP contribution is -2.43. The number of amides is 1. The molecule has 1 atom stereocenters. The summed E-state index contributed by atoms with van der Waals surface area (Å²) in [6.45, 7) is 10.7. The van der Waals surface area contributed by atoms with Crippen molar-refractivity contribution < 1.29 is 9.53 Å². The van der Waals surface area contributed by atoms with Crippen molar-refractivity contribution in [2.45, 2.75) is 53.3 Å². The van der Waals surface area contributed by atoms with Crippen LogP contribution >= 0.6 is 0 Å². The summed E-state index contributed by atoms with van der Waals surface area (Å²) in [4.78, 5) is 14.1. The maximum Gasteiger partial charge on any atom is 0.251 e. The molecule has 0 radical (unpaired) electrons. The average Bonchev–Trinajstić information content (AvgIpc) is 2.78. The van der Waals surface area contributed by atoms with E-state index in [2.05, 4.69) is 28.6 Å². The molecule has 0 N–H and O–H groups in total. The van der Waals surface area contributed by atoms with Crippen molar-refractivity contribution in [1.82, 2.24) is 19.7 Å². The Morgan fingerprint density at radius 1 is 1.30 bits per heavy atom. The molecule has 1 aliphatic rings. The SMILES string of the molecule is Cc1nnc2n1CCN(C(=O)C(C)OCCC(C)C)C2. The summed E-state index contributed by atoms with van der Waals surface area (Å²) in [5.74, 6) is 2.40. The minimum Gasteiger partial charge on any atom is -0.369 e. The van der Waals surface area contributed by atoms with Gasteiger partial charge in [-0.3, -0.25) is 4.79 Å². The number of hydrogen-bond donors (Lipinski definition) is 0. The van der Waals surface area contributed by atoms with Crippen LogP contribution in [-0.2, 0) is 22.6 Å². The highest BCUT2D eigenvalue weighted by atomic mass is 16.5. The highest BCUT2D eigenvalue weighted by Crippen LogP contribution is 2.14. The predicted octanol–water partition coefficient (Wildman–Crippen LogP) is 1.38. The number of aromatic nitrogens is 3. The zero-order valence-electron chi connectivity index (χ0n) is 12.8. The number of carbonyl (C=O) groups excluding carboxylic acids is 1. The third kappa shape index (κ3) is 3.36. The largest absolute Gasteiger partial charge is 0.369 e. The van der Waals surface area contributed by atoms with Crippen LogP contribution in [0.25, 0.3) is 0 Å². The van der Waals surface area contributed by atoms with Crippen molar-refractivity contribution in [3.63, 3.8) is 0 Å². The van der Waals surface area contributed by atoms with E-state index >= 15 is 0 Å². The first-order valence-electron chi connectivity index (χ1n) is 7.28. The van der Waals surface area contributed by atoms with Crippen molar-refractivity contribution >= 4 is 5.91 Å². The fourth-order valence-corrected chi connectivity index (χ4v) is 2.30. The highest BCUT2D eigenvalue weighted by molar-refractivity contribution is 5.80. The molecule has 2 heterocycles. The summed E-state index contributed by atoms with van der Waals surface area (Å²) in [7, 11) is 0. The number of nitrogens with zero attached hydrogens (tertiary/aromatic N) is 4. The van der Waals surface area contributed by atoms with Crippen LogP contribution in [0.15, 0.2) is 0 Å². The van der Waals surface area contributed by atoms with Crippen molar-refractivity contribution in [2.75, 3.05) is 13.2 Å². The first kappa shape index (κ1) is 15.0. The Kier molecular flexibility index (Phi) is 4.75. The normalized spacial score (nSPS) is 16.4. The fraction of sp³-hybridized carbons (Fsp3) is 0.786. The molecule has 1 unspecified atom stereocenters. The second kappa shape index (κ2) is 6.35. The van der Waals surface area contributed by atoms with Gasteiger partial charge in [0.2, 0.25) is 0 Å². The summed E-state index contributed by atoms with van der Waals surface area (Å²) in [5.41, 5.74) is 0. The number of fused-ring (bicyclic) bond motifs is 1. The Labute approximate surface area is 120 Å². The van der Waals surface area contributed by atoms with Crippen molar-refractivity contribution in [2.24, 2.45) is 5.92 Å². The molecule has 6 nitrogen and oxygen atoms in total. The minimum atomic E-state index is -0.385. The molecule has 1 aromatic heterocycles. The number of rotatable bonds is 5. The van der Waals surface area contributed by atoms with Crippen LogP contribution in [-0.4, -0.2) is 44.8 Å². The van der Waals surface area contributed by atoms with Gasteiger partial charge in [0.05, 0.1) is 6.54 Å². The zero-order chi connectivity index (χ0) is 14.7. The quantitative estimate of drug-likeness (QED) is 0.817. The fourth-order valence-electron chi connectivity index (χ4n) is 2.30. The van der Waals surface area contributed by atoms with Crippen LogP contribution in [0, 0.1) is 12.8 Å². The highest BCUT2D eigenvalue weighted by Gasteiger charge is 2.26. The smallest absolute Gasteiger partial charge is 0.251 e. The van der Waals surface area contributed by atoms with E-state index in [1.807, 2.05) is 18.7 Å². The first-order chi connectivity index (χ1) is 9.49. The van der Waals surface area contributed by atoms with Gasteiger partial charge >= 0.3 is 0 Å². The molecule has 0 bridgehead atoms. The van der Waals surface area contributed by atoms with E-state index in [1.165, 1.54) is 0 Å². The molecule has 1 aromatic rings. The van der Waals surface area contributed by atoms with E-state index in [9.17, 15) is 4.79 Å². The number of ether oxygens (including phenoxy) is 1. The third-order valence-corrected chi connectivity index (χ3v) is 3.66. The topological polar surface area (TPSA) is 60.2 Å². The molecule has 112 valence electrons. The lowest BCUT2D eigenvalue weighted by molar-refractivity contribution is -0.144. The Hall–Kier alpha value is -1.43. The Morgan fingerprint density at radius 2 is 2.05 bits per heavy atom. The van der Waals surface area contributed by atoms with Crippen LogP contribution in [0.2, 0.25) is 0 Å². The van der Waals surface area contributed by atoms with Gasteiger partial charge in [0.25, 0.3) is 5.91 Å². The first-order valence-corrected chi connectivity index (χ1v) is 7.28. The van der Waals surface area contributed by atoms with Crippen molar-refractivity contribution in [1.29, 1.82) is 0 Å². The Morgan fingerprint density at radius 3 is 2.75 bits per heavy atom. The van der Waals surface area contributed by atoms with E-state index in [1.54, 1.807) is 0 Å². The number of hydrogen-bond acceptors (Lipinski definition) is 4. The van der Waals surface area contributed by atoms with E-state index < -0.39 is 0 Å². The predicted molar refractivity (Wildman–Crippen MR) is 75.0 cm³/mol. The van der Waals surface area contributed by atoms with Crippen molar-refractivity contribution in [3.8, 4) is 0 Å². The molecule has 0 aliphatic carbocycles.